The first-order valence-corrected chi connectivity index (χ1v) is 7.20. The van der Waals surface area contributed by atoms with Crippen LogP contribution in [0.15, 0.2) is 30.5 Å². The highest BCUT2D eigenvalue weighted by Crippen LogP contribution is 2.38. The van der Waals surface area contributed by atoms with Crippen LogP contribution in [0.25, 0.3) is 11.3 Å². The summed E-state index contributed by atoms with van der Waals surface area (Å²) in [6, 6.07) is 6.11. The minimum Gasteiger partial charge on any atom is -0.365 e. The largest absolute Gasteiger partial charge is 0.365 e. The molecule has 2 aromatic rings. The van der Waals surface area contributed by atoms with E-state index in [4.69, 9.17) is 4.74 Å². The number of nitrogens with zero attached hydrogens (tertiary/aromatic N) is 4. The minimum absolute atomic E-state index is 0.0238. The molecule has 114 valence electrons. The van der Waals surface area contributed by atoms with E-state index in [1.54, 1.807) is 28.6 Å². The number of carbonyl (C=O) groups is 1. The van der Waals surface area contributed by atoms with E-state index in [0.29, 0.717) is 18.8 Å². The Labute approximate surface area is 126 Å². The van der Waals surface area contributed by atoms with Gasteiger partial charge >= 0.3 is 0 Å². The lowest BCUT2D eigenvalue weighted by Gasteiger charge is -2.28. The molecule has 3 atom stereocenters. The number of hydrogen-bond acceptors (Lipinski definition) is 4. The van der Waals surface area contributed by atoms with Crippen LogP contribution in [0, 0.1) is 5.82 Å². The molecule has 0 radical (unpaired) electrons. The number of hydrogen-bond donors (Lipinski definition) is 0. The number of epoxide rings is 1. The maximum absolute atomic E-state index is 13.0. The predicted octanol–water partition coefficient (Wildman–Crippen LogP) is 1.25. The van der Waals surface area contributed by atoms with Crippen molar-refractivity contribution in [2.75, 3.05) is 13.1 Å². The molecule has 1 amide bonds. The highest BCUT2D eigenvalue weighted by molar-refractivity contribution is 5.73. The van der Waals surface area contributed by atoms with Crippen LogP contribution in [0.5, 0.6) is 0 Å². The number of aromatic nitrogens is 3. The highest BCUT2D eigenvalue weighted by atomic mass is 19.1. The molecule has 6 nitrogen and oxygen atoms in total. The second-order valence-electron chi connectivity index (χ2n) is 5.72. The molecule has 22 heavy (non-hydrogen) atoms. The second-order valence-corrected chi connectivity index (χ2v) is 5.72. The van der Waals surface area contributed by atoms with Gasteiger partial charge in [-0.25, -0.2) is 9.07 Å². The summed E-state index contributed by atoms with van der Waals surface area (Å²) in [7, 11) is 0. The van der Waals surface area contributed by atoms with Gasteiger partial charge in [-0.15, -0.1) is 5.10 Å². The van der Waals surface area contributed by atoms with E-state index < -0.39 is 0 Å². The number of ether oxygens (including phenoxy) is 1. The van der Waals surface area contributed by atoms with Crippen molar-refractivity contribution in [3.8, 4) is 11.3 Å². The van der Waals surface area contributed by atoms with Gasteiger partial charge in [-0.3, -0.25) is 4.79 Å². The lowest BCUT2D eigenvalue weighted by Crippen LogP contribution is -2.44. The van der Waals surface area contributed by atoms with Crippen molar-refractivity contribution >= 4 is 5.91 Å². The van der Waals surface area contributed by atoms with E-state index in [1.807, 2.05) is 6.20 Å². The fourth-order valence-electron chi connectivity index (χ4n) is 2.95. The van der Waals surface area contributed by atoms with Gasteiger partial charge in [0.2, 0.25) is 5.91 Å². The number of halogens is 1. The van der Waals surface area contributed by atoms with E-state index in [-0.39, 0.29) is 30.0 Å². The summed E-state index contributed by atoms with van der Waals surface area (Å²) >= 11 is 0. The van der Waals surface area contributed by atoms with Crippen molar-refractivity contribution in [1.29, 1.82) is 0 Å². The van der Waals surface area contributed by atoms with E-state index in [2.05, 4.69) is 10.3 Å². The van der Waals surface area contributed by atoms with Gasteiger partial charge in [0, 0.05) is 25.6 Å². The molecule has 2 aliphatic heterocycles. The van der Waals surface area contributed by atoms with Gasteiger partial charge in [0.1, 0.15) is 29.8 Å². The fraction of sp³-hybridized carbons (Fsp3) is 0.400. The van der Waals surface area contributed by atoms with Gasteiger partial charge in [-0.1, -0.05) is 5.21 Å². The number of rotatable bonds is 2. The zero-order chi connectivity index (χ0) is 15.3. The van der Waals surface area contributed by atoms with Crippen LogP contribution in [0.2, 0.25) is 0 Å². The van der Waals surface area contributed by atoms with Gasteiger partial charge < -0.3 is 9.64 Å². The van der Waals surface area contributed by atoms with Crippen LogP contribution < -0.4 is 0 Å². The summed E-state index contributed by atoms with van der Waals surface area (Å²) < 4.78 is 20.4. The smallest absolute Gasteiger partial charge is 0.219 e. The Morgan fingerprint density at radius 2 is 2.09 bits per heavy atom. The predicted molar refractivity (Wildman–Crippen MR) is 75.4 cm³/mol. The molecule has 0 N–H and O–H groups in total. The van der Waals surface area contributed by atoms with Crippen molar-refractivity contribution in [3.05, 3.63) is 36.3 Å². The van der Waals surface area contributed by atoms with Crippen LogP contribution in [-0.4, -0.2) is 51.1 Å². The first kappa shape index (κ1) is 13.4. The van der Waals surface area contributed by atoms with Crippen molar-refractivity contribution in [2.24, 2.45) is 0 Å². The minimum atomic E-state index is -0.283. The Bertz CT molecular complexity index is 715. The second kappa shape index (κ2) is 4.88. The zero-order valence-corrected chi connectivity index (χ0v) is 12.0. The van der Waals surface area contributed by atoms with Crippen LogP contribution in [0.4, 0.5) is 4.39 Å². The summed E-state index contributed by atoms with van der Waals surface area (Å²) in [4.78, 5) is 13.4. The molecule has 0 unspecified atom stereocenters. The zero-order valence-electron chi connectivity index (χ0n) is 12.0. The standard InChI is InChI=1S/C15H15FN4O2/c1-9(21)19-7-13(15-14(8-19)22-15)20-6-12(17-18-20)10-2-4-11(16)5-3-10/h2-6,13-15H,7-8H2,1H3/t13-,14-,15+/m0/s1. The number of likely N-dealkylation sites (tertiary alicyclic amines) is 1. The summed E-state index contributed by atoms with van der Waals surface area (Å²) in [6.07, 6.45) is 2.01. The number of piperidine rings is 1. The molecular formula is C15H15FN4O2. The van der Waals surface area contributed by atoms with Crippen molar-refractivity contribution in [2.45, 2.75) is 25.2 Å². The molecule has 3 heterocycles. The first-order valence-electron chi connectivity index (χ1n) is 7.20. The average Bonchev–Trinajstić information content (AvgIpc) is 3.14. The molecule has 0 spiro atoms. The van der Waals surface area contributed by atoms with E-state index in [9.17, 15) is 9.18 Å². The molecule has 2 saturated heterocycles. The molecule has 1 aromatic carbocycles. The van der Waals surface area contributed by atoms with Crippen LogP contribution >= 0.6 is 0 Å². The summed E-state index contributed by atoms with van der Waals surface area (Å²) in [5.41, 5.74) is 1.48. The van der Waals surface area contributed by atoms with E-state index in [0.717, 1.165) is 5.56 Å². The normalized spacial score (nSPS) is 26.6. The first-order chi connectivity index (χ1) is 10.6. The molecular weight excluding hydrogens is 287 g/mol. The lowest BCUT2D eigenvalue weighted by atomic mass is 10.1. The summed E-state index contributed by atoms with van der Waals surface area (Å²) in [6.45, 7) is 2.78. The molecule has 0 saturated carbocycles. The Hall–Kier alpha value is -2.28. The Morgan fingerprint density at radius 1 is 1.32 bits per heavy atom. The Morgan fingerprint density at radius 3 is 2.82 bits per heavy atom. The van der Waals surface area contributed by atoms with Crippen LogP contribution in [0.3, 0.4) is 0 Å². The Balaban J connectivity index is 1.58. The number of amides is 1. The molecule has 0 bridgehead atoms. The highest BCUT2D eigenvalue weighted by Gasteiger charge is 2.51. The molecule has 7 heteroatoms. The lowest BCUT2D eigenvalue weighted by molar-refractivity contribution is -0.130. The number of fused-ring (bicyclic) bond motifs is 1. The molecule has 2 aliphatic rings. The van der Waals surface area contributed by atoms with Gasteiger partial charge in [0.25, 0.3) is 0 Å². The summed E-state index contributed by atoms with van der Waals surface area (Å²) in [5, 5.41) is 8.31. The Kier molecular flexibility index (Phi) is 2.97. The maximum Gasteiger partial charge on any atom is 0.219 e. The topological polar surface area (TPSA) is 63.6 Å². The monoisotopic (exact) mass is 302 g/mol. The number of benzene rings is 1. The third-order valence-electron chi connectivity index (χ3n) is 4.24. The average molecular weight is 302 g/mol. The van der Waals surface area contributed by atoms with Crippen molar-refractivity contribution in [1.82, 2.24) is 19.9 Å². The molecule has 4 rings (SSSR count). The van der Waals surface area contributed by atoms with E-state index >= 15 is 0 Å². The third kappa shape index (κ3) is 2.27. The SMILES string of the molecule is CC(=O)N1C[C@@H]2O[C@@H]2[C@@H](n2cc(-c3ccc(F)cc3)nn2)C1. The molecule has 2 fully saturated rings. The van der Waals surface area contributed by atoms with Crippen molar-refractivity contribution in [3.63, 3.8) is 0 Å². The van der Waals surface area contributed by atoms with Gasteiger partial charge in [-0.2, -0.15) is 0 Å². The summed E-state index contributed by atoms with van der Waals surface area (Å²) in [5.74, 6) is -0.243. The third-order valence-corrected chi connectivity index (χ3v) is 4.24. The molecule has 0 aliphatic carbocycles. The van der Waals surface area contributed by atoms with E-state index in [1.165, 1.54) is 12.1 Å². The van der Waals surface area contributed by atoms with Gasteiger partial charge in [0.05, 0.1) is 6.20 Å². The number of carbonyl (C=O) groups excluding carboxylic acids is 1. The van der Waals surface area contributed by atoms with Gasteiger partial charge in [-0.05, 0) is 24.3 Å². The van der Waals surface area contributed by atoms with Crippen LogP contribution in [0.1, 0.15) is 13.0 Å². The maximum atomic E-state index is 13.0. The van der Waals surface area contributed by atoms with Gasteiger partial charge in [0.15, 0.2) is 0 Å². The van der Waals surface area contributed by atoms with Crippen LogP contribution in [-0.2, 0) is 9.53 Å². The quantitative estimate of drug-likeness (QED) is 0.783. The fourth-order valence-corrected chi connectivity index (χ4v) is 2.95. The van der Waals surface area contributed by atoms with Crippen molar-refractivity contribution < 1.29 is 13.9 Å². The molecule has 1 aromatic heterocycles.